The van der Waals surface area contributed by atoms with Gasteiger partial charge in [-0.2, -0.15) is 8.78 Å². The largest absolute Gasteiger partial charge is 0.486 e. The number of carbonyl (C=O) groups is 8. The summed E-state index contributed by atoms with van der Waals surface area (Å²) in [7, 11) is 4.01. The molecule has 150 heavy (non-hydrogen) atoms. The summed E-state index contributed by atoms with van der Waals surface area (Å²) < 4.78 is 71.6. The molecule has 0 bridgehead atoms. The Hall–Kier alpha value is -16.3. The van der Waals surface area contributed by atoms with Crippen LogP contribution in [0.25, 0.3) is 81.9 Å². The van der Waals surface area contributed by atoms with Crippen molar-refractivity contribution in [3.8, 4) is 11.4 Å². The molecule has 3 aromatic heterocycles. The van der Waals surface area contributed by atoms with Crippen LogP contribution in [0.2, 0.25) is 0 Å². The molecule has 1 saturated heterocycles. The summed E-state index contributed by atoms with van der Waals surface area (Å²) in [4.78, 5) is 120. The molecule has 768 valence electrons. The van der Waals surface area contributed by atoms with Crippen LogP contribution in [0.3, 0.4) is 0 Å². The van der Waals surface area contributed by atoms with Crippen LogP contribution < -0.4 is 9.64 Å². The average molecular weight is 2020 g/mol. The standard InChI is InChI=1S/C46H46F4N2O4.C30H22N2O4.C26H24N2O3.C23H30N2O2/c1-7-9-14-31(8-2)25-52-39-20-19-32(42(51-56-30(6)53)35-17-12-13-18-40(35)55-26-46(49,50)45(47)48)23-36(39)37-24-38(33-15-10-11-16-34(33)43(37)52)44(54)41-28(4)21-27(3)22-29(41)5;1-19(31-36-20(2)33)29(34)23-14-17-28-26(18-23)25-10-6-7-11-27(25)32(28)24-15-12-22(13-16-24)30(35)21-8-4-3-5-9-21;1-5-28-24-12-10-19(17(3)27-31-18(4)29)14-22(24)23-15-20(11-13-25(23)28)26(30)21-9-7-6-8-16(21)2;1-4-23(24(2)3,18-19-8-6-5-7-9-19)22(26)20-10-12-21(13-11-20)25-14-16-27-17-15-25/h10-13,15-24,31,45H,7-9,14,25-26H2,1-6H3;3-18H,1-2H3;6-15H,5H2,1-4H3;5-13H,4,14-18H2,1-3H3/b51-42+;31-19+;27-17+;. The summed E-state index contributed by atoms with van der Waals surface area (Å²) in [5.74, 6) is -6.17. The minimum atomic E-state index is -4.40. The van der Waals surface area contributed by atoms with E-state index in [4.69, 9.17) is 19.1 Å². The Morgan fingerprint density at radius 1 is 0.440 bits per heavy atom. The number of Topliss-reactive ketones (excluding diaryl/α,β-unsaturated/α-hetero) is 2. The first-order valence-electron chi connectivity index (χ1n) is 50.5. The molecule has 18 rings (SSSR count). The minimum absolute atomic E-state index is 0.0150. The molecule has 21 nitrogen and oxygen atoms in total. The highest BCUT2D eigenvalue weighted by atomic mass is 19.3. The summed E-state index contributed by atoms with van der Waals surface area (Å²) in [5.41, 5.74) is 19.7. The highest BCUT2D eigenvalue weighted by Crippen LogP contribution is 2.43. The van der Waals surface area contributed by atoms with Crippen molar-refractivity contribution in [3.05, 3.63) is 386 Å². The number of para-hydroxylation sites is 2. The number of rotatable bonds is 33. The topological polar surface area (TPSA) is 241 Å². The lowest BCUT2D eigenvalue weighted by Crippen LogP contribution is -2.52. The van der Waals surface area contributed by atoms with Gasteiger partial charge in [-0.1, -0.05) is 225 Å². The third-order valence-corrected chi connectivity index (χ3v) is 27.7. The Kier molecular flexibility index (Phi) is 34.7. The van der Waals surface area contributed by atoms with Crippen molar-refractivity contribution in [2.75, 3.05) is 51.9 Å². The summed E-state index contributed by atoms with van der Waals surface area (Å²) >= 11 is 0. The molecule has 1 fully saturated rings. The number of ether oxygens (including phenoxy) is 2. The van der Waals surface area contributed by atoms with Gasteiger partial charge in [-0.25, -0.2) is 23.2 Å². The number of benzene rings is 14. The number of aromatic nitrogens is 3. The van der Waals surface area contributed by atoms with Gasteiger partial charge in [0.2, 0.25) is 5.78 Å². The first kappa shape index (κ1) is 108. The van der Waals surface area contributed by atoms with Gasteiger partial charge in [-0.05, 0) is 254 Å². The van der Waals surface area contributed by atoms with E-state index >= 15 is 0 Å². The second-order valence-corrected chi connectivity index (χ2v) is 38.0. The highest BCUT2D eigenvalue weighted by molar-refractivity contribution is 6.45. The number of hydrogen-bond donors (Lipinski definition) is 0. The Morgan fingerprint density at radius 3 is 1.56 bits per heavy atom. The molecule has 2 atom stereocenters. The minimum Gasteiger partial charge on any atom is -0.486 e. The van der Waals surface area contributed by atoms with E-state index in [1.807, 2.05) is 266 Å². The smallest absolute Gasteiger partial charge is 0.340 e. The van der Waals surface area contributed by atoms with Crippen molar-refractivity contribution in [2.24, 2.45) is 21.4 Å². The lowest BCUT2D eigenvalue weighted by molar-refractivity contribution is -0.148. The van der Waals surface area contributed by atoms with E-state index in [1.165, 1.54) is 51.5 Å². The molecular weight excluding hydrogens is 1900 g/mol. The quantitative estimate of drug-likeness (QED) is 0.0122. The van der Waals surface area contributed by atoms with Gasteiger partial charge in [0.25, 0.3) is 0 Å². The number of halogens is 4. The predicted octanol–water partition coefficient (Wildman–Crippen LogP) is 27.4. The Labute approximate surface area is 869 Å². The number of aryl methyl sites for hydroxylation is 5. The molecule has 14 aromatic carbocycles. The number of fused-ring (bicyclic) bond motifs is 11. The molecule has 0 saturated carbocycles. The van der Waals surface area contributed by atoms with Crippen molar-refractivity contribution in [2.45, 2.75) is 160 Å². The van der Waals surface area contributed by atoms with Crippen LogP contribution in [0.5, 0.6) is 5.75 Å². The highest BCUT2D eigenvalue weighted by Gasteiger charge is 2.43. The second-order valence-electron chi connectivity index (χ2n) is 38.0. The Morgan fingerprint density at radius 2 is 0.940 bits per heavy atom. The average Bonchev–Trinajstić information content (AvgIpc) is 1.55. The van der Waals surface area contributed by atoms with Gasteiger partial charge in [-0.15, -0.1) is 0 Å². The number of nitrogens with zero attached hydrogens (tertiary/aromatic N) is 8. The molecule has 2 unspecified atom stereocenters. The van der Waals surface area contributed by atoms with Gasteiger partial charge in [-0.3, -0.25) is 28.9 Å². The second kappa shape index (κ2) is 48.2. The number of ketones is 5. The van der Waals surface area contributed by atoms with Crippen LogP contribution in [0.15, 0.2) is 313 Å². The van der Waals surface area contributed by atoms with E-state index < -0.39 is 42.4 Å². The SMILES string of the molecule is CC(=O)O/N=C(\C)C(=O)c1ccc2c(c1)c1ccccc1n2-c1ccc(C(=O)c2ccccc2)cc1.CCC(Cc1ccccc1)(C(=O)c1ccc(N2CCOCC2)cc1)N(C)C.CCCCC(CC)Cn1c2ccc(/C(=N\OC(C)=O)c3ccccc3OCC(F)(F)C(F)F)cc2c2cc(C(=O)c3c(C)cc(C)cc3C)c3ccccc3c21.CCn1c2ccc(C(=O)c3ccccc3C)cc2c2cc(/C(C)=N/OC(C)=O)ccc21. The zero-order valence-corrected chi connectivity index (χ0v) is 87.0. The van der Waals surface area contributed by atoms with Crippen molar-refractivity contribution in [3.63, 3.8) is 0 Å². The number of likely N-dealkylation sites (N-methyl/N-ethyl adjacent to an activating group) is 1. The summed E-state index contributed by atoms with van der Waals surface area (Å²) in [6, 6.07) is 93.6. The van der Waals surface area contributed by atoms with Crippen LogP contribution in [0.4, 0.5) is 23.2 Å². The Balaban J connectivity index is 0.000000156. The number of oxime groups is 3. The van der Waals surface area contributed by atoms with Gasteiger partial charge < -0.3 is 42.6 Å². The normalized spacial score (nSPS) is 13.1. The lowest BCUT2D eigenvalue weighted by Gasteiger charge is -2.38. The molecule has 25 heteroatoms. The molecule has 0 N–H and O–H groups in total. The summed E-state index contributed by atoms with van der Waals surface area (Å²) in [6.45, 7) is 26.8. The van der Waals surface area contributed by atoms with Crippen LogP contribution in [-0.2, 0) is 53.1 Å². The van der Waals surface area contributed by atoms with E-state index in [9.17, 15) is 55.9 Å². The first-order valence-corrected chi connectivity index (χ1v) is 50.5. The number of anilines is 1. The molecular formula is C125H122F4N8O13. The predicted molar refractivity (Wildman–Crippen MR) is 589 cm³/mol. The zero-order valence-electron chi connectivity index (χ0n) is 87.0. The van der Waals surface area contributed by atoms with Gasteiger partial charge in [0.15, 0.2) is 29.7 Å². The molecule has 4 heterocycles. The van der Waals surface area contributed by atoms with Gasteiger partial charge in [0.05, 0.1) is 41.0 Å². The maximum absolute atomic E-state index is 14.7. The summed E-state index contributed by atoms with van der Waals surface area (Å²) in [5, 5.41) is 19.0. The fraction of sp³-hybridized carbons (Fsp3) is 0.256. The molecule has 0 spiro atoms. The third-order valence-electron chi connectivity index (χ3n) is 27.7. The molecule has 17 aromatic rings. The molecule has 1 aliphatic rings. The van der Waals surface area contributed by atoms with Gasteiger partial charge in [0.1, 0.15) is 17.2 Å². The van der Waals surface area contributed by atoms with Crippen molar-refractivity contribution < 1.29 is 79.9 Å². The number of carbonyl (C=O) groups excluding carboxylic acids is 8. The molecule has 0 aliphatic carbocycles. The number of unbranched alkanes of at least 4 members (excludes halogenated alkanes) is 1. The lowest BCUT2D eigenvalue weighted by atomic mass is 9.80. The van der Waals surface area contributed by atoms with Crippen molar-refractivity contribution in [1.29, 1.82) is 0 Å². The van der Waals surface area contributed by atoms with Crippen LogP contribution in [0, 0.1) is 33.6 Å². The Bertz CT molecular complexity index is 8010. The van der Waals surface area contributed by atoms with E-state index in [0.29, 0.717) is 62.6 Å². The van der Waals surface area contributed by atoms with E-state index in [1.54, 1.807) is 37.3 Å². The zero-order chi connectivity index (χ0) is 107. The number of morpholine rings is 1. The fourth-order valence-corrected chi connectivity index (χ4v) is 19.9. The van der Waals surface area contributed by atoms with Gasteiger partial charge in [0, 0.05) is 168 Å². The number of hydrogen-bond acceptors (Lipinski definition) is 18. The van der Waals surface area contributed by atoms with Crippen LogP contribution >= 0.6 is 0 Å². The van der Waals surface area contributed by atoms with Crippen molar-refractivity contribution >= 4 is 146 Å². The first-order chi connectivity index (χ1) is 72.1. The van der Waals surface area contributed by atoms with Gasteiger partial charge >= 0.3 is 30.3 Å². The number of alkyl halides is 4. The van der Waals surface area contributed by atoms with Crippen LogP contribution in [0.1, 0.15) is 207 Å². The molecule has 0 radical (unpaired) electrons. The van der Waals surface area contributed by atoms with Crippen molar-refractivity contribution in [1.82, 2.24) is 18.6 Å². The van der Waals surface area contributed by atoms with Crippen LogP contribution in [-0.4, -0.2) is 147 Å². The third kappa shape index (κ3) is 23.9. The maximum atomic E-state index is 14.7. The fourth-order valence-electron chi connectivity index (χ4n) is 19.9. The van der Waals surface area contributed by atoms with E-state index in [0.717, 1.165) is 192 Å². The monoisotopic (exact) mass is 2020 g/mol. The van der Waals surface area contributed by atoms with E-state index in [-0.39, 0.29) is 51.7 Å². The van der Waals surface area contributed by atoms with E-state index in [2.05, 4.69) is 95.8 Å². The molecule has 0 amide bonds. The molecule has 1 aliphatic heterocycles. The summed E-state index contributed by atoms with van der Waals surface area (Å²) in [6.07, 6.45) is 1.74. The maximum Gasteiger partial charge on any atom is 0.340 e.